The number of hydrogen-bond donors (Lipinski definition) is 1. The van der Waals surface area contributed by atoms with Gasteiger partial charge in [0.05, 0.1) is 12.6 Å². The van der Waals surface area contributed by atoms with Crippen LogP contribution in [0.2, 0.25) is 0 Å². The highest BCUT2D eigenvalue weighted by Gasteiger charge is 2.15. The van der Waals surface area contributed by atoms with E-state index in [2.05, 4.69) is 0 Å². The molecule has 0 aliphatic rings. The van der Waals surface area contributed by atoms with Crippen LogP contribution in [0.1, 0.15) is 12.8 Å². The Hall–Kier alpha value is -1.13. The molecule has 1 unspecified atom stereocenters. The molecule has 0 aliphatic carbocycles. The molecule has 0 saturated carbocycles. The Labute approximate surface area is 102 Å². The third-order valence-corrected chi connectivity index (χ3v) is 2.86. The largest absolute Gasteiger partial charge is 0.383 e. The first-order chi connectivity index (χ1) is 8.19. The Morgan fingerprint density at radius 1 is 1.47 bits per heavy atom. The van der Waals surface area contributed by atoms with Crippen LogP contribution in [0.4, 0.5) is 10.1 Å². The van der Waals surface area contributed by atoms with Gasteiger partial charge in [-0.2, -0.15) is 0 Å². The van der Waals surface area contributed by atoms with E-state index in [1.807, 2.05) is 18.0 Å². The normalized spacial score (nSPS) is 12.5. The number of rotatable bonds is 7. The molecule has 3 nitrogen and oxygen atoms in total. The molecule has 1 aromatic carbocycles. The molecular formula is C13H21FN2O. The van der Waals surface area contributed by atoms with Gasteiger partial charge in [-0.05, 0) is 37.6 Å². The van der Waals surface area contributed by atoms with E-state index < -0.39 is 0 Å². The maximum absolute atomic E-state index is 13.2. The smallest absolute Gasteiger partial charge is 0.125 e. The molecule has 0 aromatic heterocycles. The summed E-state index contributed by atoms with van der Waals surface area (Å²) in [6.45, 7) is 1.28. The second kappa shape index (κ2) is 7.25. The fourth-order valence-electron chi connectivity index (χ4n) is 1.84. The lowest BCUT2D eigenvalue weighted by Crippen LogP contribution is -2.35. The minimum atomic E-state index is -0.218. The van der Waals surface area contributed by atoms with E-state index in [0.29, 0.717) is 13.2 Å². The van der Waals surface area contributed by atoms with Crippen LogP contribution in [-0.2, 0) is 4.74 Å². The number of methoxy groups -OCH3 is 1. The maximum Gasteiger partial charge on any atom is 0.125 e. The zero-order chi connectivity index (χ0) is 12.7. The van der Waals surface area contributed by atoms with Crippen LogP contribution in [0.25, 0.3) is 0 Å². The van der Waals surface area contributed by atoms with Gasteiger partial charge in [0.1, 0.15) is 5.82 Å². The first-order valence-electron chi connectivity index (χ1n) is 5.86. The molecule has 0 spiro atoms. The second-order valence-corrected chi connectivity index (χ2v) is 4.13. The summed E-state index contributed by atoms with van der Waals surface area (Å²) in [5, 5.41) is 0. The molecule has 4 heteroatoms. The zero-order valence-corrected chi connectivity index (χ0v) is 10.5. The van der Waals surface area contributed by atoms with Crippen molar-refractivity contribution in [1.29, 1.82) is 0 Å². The summed E-state index contributed by atoms with van der Waals surface area (Å²) < 4.78 is 18.3. The van der Waals surface area contributed by atoms with Crippen LogP contribution in [0.5, 0.6) is 0 Å². The Bertz CT molecular complexity index is 333. The molecule has 96 valence electrons. The molecule has 0 heterocycles. The average Bonchev–Trinajstić information content (AvgIpc) is 2.33. The molecule has 0 aliphatic heterocycles. The van der Waals surface area contributed by atoms with E-state index >= 15 is 0 Å². The van der Waals surface area contributed by atoms with Crippen molar-refractivity contribution in [1.82, 2.24) is 0 Å². The molecular weight excluding hydrogens is 219 g/mol. The van der Waals surface area contributed by atoms with Gasteiger partial charge >= 0.3 is 0 Å². The minimum Gasteiger partial charge on any atom is -0.383 e. The van der Waals surface area contributed by atoms with Gasteiger partial charge in [-0.3, -0.25) is 0 Å². The molecule has 0 amide bonds. The molecule has 17 heavy (non-hydrogen) atoms. The monoisotopic (exact) mass is 240 g/mol. The van der Waals surface area contributed by atoms with Crippen molar-refractivity contribution in [2.75, 3.05) is 32.2 Å². The zero-order valence-electron chi connectivity index (χ0n) is 10.5. The van der Waals surface area contributed by atoms with E-state index in [1.165, 1.54) is 12.1 Å². The van der Waals surface area contributed by atoms with Gasteiger partial charge in [-0.25, -0.2) is 4.39 Å². The summed E-state index contributed by atoms with van der Waals surface area (Å²) >= 11 is 0. The first kappa shape index (κ1) is 13.9. The van der Waals surface area contributed by atoms with E-state index in [-0.39, 0.29) is 11.9 Å². The number of halogens is 1. The van der Waals surface area contributed by atoms with Crippen molar-refractivity contribution in [3.8, 4) is 0 Å². The van der Waals surface area contributed by atoms with E-state index in [1.54, 1.807) is 13.2 Å². The van der Waals surface area contributed by atoms with Gasteiger partial charge in [0.15, 0.2) is 0 Å². The van der Waals surface area contributed by atoms with Crippen molar-refractivity contribution in [2.24, 2.45) is 5.73 Å². The highest BCUT2D eigenvalue weighted by molar-refractivity contribution is 5.46. The molecule has 0 bridgehead atoms. The van der Waals surface area contributed by atoms with Gasteiger partial charge in [0, 0.05) is 19.8 Å². The third kappa shape index (κ3) is 4.32. The number of nitrogens with zero attached hydrogens (tertiary/aromatic N) is 1. The summed E-state index contributed by atoms with van der Waals surface area (Å²) in [5.74, 6) is -0.218. The van der Waals surface area contributed by atoms with Crippen LogP contribution in [-0.4, -0.2) is 33.4 Å². The minimum absolute atomic E-state index is 0.218. The fourth-order valence-corrected chi connectivity index (χ4v) is 1.84. The molecule has 0 fully saturated rings. The fraction of sp³-hybridized carbons (Fsp3) is 0.538. The lowest BCUT2D eigenvalue weighted by molar-refractivity contribution is 0.174. The summed E-state index contributed by atoms with van der Waals surface area (Å²) in [6, 6.07) is 6.82. The van der Waals surface area contributed by atoms with Crippen molar-refractivity contribution in [2.45, 2.75) is 18.9 Å². The number of anilines is 1. The quantitative estimate of drug-likeness (QED) is 0.792. The summed E-state index contributed by atoms with van der Waals surface area (Å²) in [5.41, 5.74) is 6.38. The van der Waals surface area contributed by atoms with Crippen LogP contribution in [0.15, 0.2) is 24.3 Å². The second-order valence-electron chi connectivity index (χ2n) is 4.13. The van der Waals surface area contributed by atoms with Gasteiger partial charge < -0.3 is 15.4 Å². The molecule has 1 aromatic rings. The van der Waals surface area contributed by atoms with Crippen molar-refractivity contribution in [3.05, 3.63) is 30.1 Å². The first-order valence-corrected chi connectivity index (χ1v) is 5.86. The van der Waals surface area contributed by atoms with Crippen molar-refractivity contribution in [3.63, 3.8) is 0 Å². The average molecular weight is 240 g/mol. The topological polar surface area (TPSA) is 38.5 Å². The molecule has 0 saturated heterocycles. The standard InChI is InChI=1S/C13H21FN2O/c1-16(12-6-3-5-11(14)9-12)13(10-17-2)7-4-8-15/h3,5-6,9,13H,4,7-8,10,15H2,1-2H3. The van der Waals surface area contributed by atoms with Crippen LogP contribution >= 0.6 is 0 Å². The number of ether oxygens (including phenoxy) is 1. The SMILES string of the molecule is COCC(CCCN)N(C)c1cccc(F)c1. The van der Waals surface area contributed by atoms with E-state index in [9.17, 15) is 4.39 Å². The summed E-state index contributed by atoms with van der Waals surface area (Å²) in [4.78, 5) is 2.04. The Balaban J connectivity index is 2.72. The summed E-state index contributed by atoms with van der Waals surface area (Å²) in [7, 11) is 3.63. The van der Waals surface area contributed by atoms with Crippen LogP contribution in [0, 0.1) is 5.82 Å². The van der Waals surface area contributed by atoms with Crippen LogP contribution in [0.3, 0.4) is 0 Å². The predicted molar refractivity (Wildman–Crippen MR) is 68.8 cm³/mol. The molecule has 1 atom stereocenters. The molecule has 2 N–H and O–H groups in total. The number of benzene rings is 1. The third-order valence-electron chi connectivity index (χ3n) is 2.86. The molecule has 1 rings (SSSR count). The number of likely N-dealkylation sites (N-methyl/N-ethyl adjacent to an activating group) is 1. The summed E-state index contributed by atoms with van der Waals surface area (Å²) in [6.07, 6.45) is 1.88. The van der Waals surface area contributed by atoms with Gasteiger partial charge in [0.2, 0.25) is 0 Å². The maximum atomic E-state index is 13.2. The number of hydrogen-bond acceptors (Lipinski definition) is 3. The van der Waals surface area contributed by atoms with Gasteiger partial charge in [0.25, 0.3) is 0 Å². The van der Waals surface area contributed by atoms with Crippen LogP contribution < -0.4 is 10.6 Å². The Morgan fingerprint density at radius 3 is 2.82 bits per heavy atom. The highest BCUT2D eigenvalue weighted by atomic mass is 19.1. The van der Waals surface area contributed by atoms with Gasteiger partial charge in [-0.1, -0.05) is 6.07 Å². The predicted octanol–water partition coefficient (Wildman–Crippen LogP) is 2.02. The lowest BCUT2D eigenvalue weighted by atomic mass is 10.1. The number of nitrogens with two attached hydrogens (primary N) is 1. The van der Waals surface area contributed by atoms with Crippen molar-refractivity contribution < 1.29 is 9.13 Å². The van der Waals surface area contributed by atoms with Gasteiger partial charge in [-0.15, -0.1) is 0 Å². The Morgan fingerprint density at radius 2 is 2.24 bits per heavy atom. The Kier molecular flexibility index (Phi) is 5.94. The molecule has 0 radical (unpaired) electrons. The van der Waals surface area contributed by atoms with E-state index in [0.717, 1.165) is 18.5 Å². The van der Waals surface area contributed by atoms with Crippen molar-refractivity contribution >= 4 is 5.69 Å². The van der Waals surface area contributed by atoms with E-state index in [4.69, 9.17) is 10.5 Å². The lowest BCUT2D eigenvalue weighted by Gasteiger charge is -2.29. The highest BCUT2D eigenvalue weighted by Crippen LogP contribution is 2.18.